The summed E-state index contributed by atoms with van der Waals surface area (Å²) in [7, 11) is 0.419. The maximum atomic E-state index is 11.2. The van der Waals surface area contributed by atoms with Crippen molar-refractivity contribution in [2.24, 2.45) is 4.99 Å². The molecule has 0 heterocycles. The van der Waals surface area contributed by atoms with Gasteiger partial charge in [-0.3, -0.25) is 4.99 Å². The zero-order valence-electron chi connectivity index (χ0n) is 14.7. The summed E-state index contributed by atoms with van der Waals surface area (Å²) in [6.07, 6.45) is 2.64. The number of ether oxygens (including phenoxy) is 1. The highest BCUT2D eigenvalue weighted by atomic mass is 127. The summed E-state index contributed by atoms with van der Waals surface area (Å²) in [5.74, 6) is 1.69. The lowest BCUT2D eigenvalue weighted by atomic mass is 10.1. The van der Waals surface area contributed by atoms with Crippen LogP contribution in [0, 0.1) is 0 Å². The molecule has 0 bridgehead atoms. The second kappa shape index (κ2) is 11.5. The monoisotopic (exact) mass is 469 g/mol. The van der Waals surface area contributed by atoms with Gasteiger partial charge in [-0.25, -0.2) is 8.42 Å². The van der Waals surface area contributed by atoms with Crippen molar-refractivity contribution >= 4 is 39.8 Å². The van der Waals surface area contributed by atoms with Crippen molar-refractivity contribution in [2.45, 2.75) is 25.8 Å². The van der Waals surface area contributed by atoms with Crippen molar-refractivity contribution < 1.29 is 13.2 Å². The molecule has 1 unspecified atom stereocenters. The van der Waals surface area contributed by atoms with Gasteiger partial charge >= 0.3 is 0 Å². The fourth-order valence-corrected chi connectivity index (χ4v) is 2.83. The summed E-state index contributed by atoms with van der Waals surface area (Å²) in [4.78, 5) is 4.16. The molecule has 0 saturated heterocycles. The van der Waals surface area contributed by atoms with Crippen LogP contribution in [0.15, 0.2) is 29.3 Å². The Bertz CT molecular complexity index is 621. The number of hydrogen-bond donors (Lipinski definition) is 2. The first kappa shape index (κ1) is 23.0. The predicted octanol–water partition coefficient (Wildman–Crippen LogP) is 1.84. The lowest BCUT2D eigenvalue weighted by Gasteiger charge is -2.17. The van der Waals surface area contributed by atoms with Crippen LogP contribution in [0.1, 0.15) is 18.9 Å². The van der Waals surface area contributed by atoms with Gasteiger partial charge in [0, 0.05) is 25.9 Å². The summed E-state index contributed by atoms with van der Waals surface area (Å²) in [6, 6.07) is 7.98. The van der Waals surface area contributed by atoms with E-state index >= 15 is 0 Å². The van der Waals surface area contributed by atoms with Crippen LogP contribution in [-0.4, -0.2) is 53.1 Å². The molecule has 8 heteroatoms. The molecule has 2 N–H and O–H groups in total. The summed E-state index contributed by atoms with van der Waals surface area (Å²) in [5, 5.41) is 6.43. The number of rotatable bonds is 8. The largest absolute Gasteiger partial charge is 0.497 e. The molecule has 0 radical (unpaired) electrons. The normalized spacial score (nSPS) is 12.9. The topological polar surface area (TPSA) is 79.8 Å². The van der Waals surface area contributed by atoms with Crippen LogP contribution in [-0.2, 0) is 16.3 Å². The van der Waals surface area contributed by atoms with Gasteiger partial charge < -0.3 is 15.4 Å². The first-order chi connectivity index (χ1) is 10.8. The Morgan fingerprint density at radius 2 is 2.08 bits per heavy atom. The fraction of sp³-hybridized carbons (Fsp3) is 0.562. The van der Waals surface area contributed by atoms with Crippen molar-refractivity contribution in [2.75, 3.05) is 32.7 Å². The van der Waals surface area contributed by atoms with Crippen molar-refractivity contribution in [3.05, 3.63) is 29.8 Å². The minimum atomic E-state index is -2.93. The van der Waals surface area contributed by atoms with E-state index < -0.39 is 9.84 Å². The summed E-state index contributed by atoms with van der Waals surface area (Å²) in [6.45, 7) is 2.67. The van der Waals surface area contributed by atoms with Crippen LogP contribution < -0.4 is 15.4 Å². The molecule has 1 aromatic carbocycles. The molecule has 0 aliphatic heterocycles. The second-order valence-corrected chi connectivity index (χ2v) is 7.82. The van der Waals surface area contributed by atoms with E-state index in [0.717, 1.165) is 18.7 Å². The number of benzene rings is 1. The first-order valence-corrected chi connectivity index (χ1v) is 9.68. The molecule has 6 nitrogen and oxygen atoms in total. The van der Waals surface area contributed by atoms with Crippen LogP contribution >= 0.6 is 24.0 Å². The van der Waals surface area contributed by atoms with E-state index in [1.54, 1.807) is 14.2 Å². The second-order valence-electron chi connectivity index (χ2n) is 5.56. The standard InChI is InChI=1S/C16H27N3O3S.HI/c1-13(9-11-23(4,20)21)19-16(17-2)18-10-8-14-6-5-7-15(12-14)22-3;/h5-7,12-13H,8-11H2,1-4H3,(H2,17,18,19);1H. The Balaban J connectivity index is 0.00000529. The van der Waals surface area contributed by atoms with Crippen molar-refractivity contribution in [3.8, 4) is 5.75 Å². The Morgan fingerprint density at radius 3 is 2.67 bits per heavy atom. The number of hydrogen-bond acceptors (Lipinski definition) is 4. The van der Waals surface area contributed by atoms with Gasteiger partial charge in [0.2, 0.25) is 0 Å². The first-order valence-electron chi connectivity index (χ1n) is 7.62. The number of nitrogens with one attached hydrogen (secondary N) is 2. The van der Waals surface area contributed by atoms with E-state index in [2.05, 4.69) is 21.7 Å². The summed E-state index contributed by atoms with van der Waals surface area (Å²) in [5.41, 5.74) is 1.18. The molecule has 0 fully saturated rings. The molecule has 24 heavy (non-hydrogen) atoms. The van der Waals surface area contributed by atoms with Crippen LogP contribution in [0.5, 0.6) is 5.75 Å². The molecular formula is C16H28IN3O3S. The Labute approximate surface area is 162 Å². The maximum Gasteiger partial charge on any atom is 0.191 e. The lowest BCUT2D eigenvalue weighted by molar-refractivity contribution is 0.414. The van der Waals surface area contributed by atoms with Crippen LogP contribution in [0.3, 0.4) is 0 Å². The zero-order valence-corrected chi connectivity index (χ0v) is 17.9. The smallest absolute Gasteiger partial charge is 0.191 e. The molecule has 0 saturated carbocycles. The van der Waals surface area contributed by atoms with E-state index in [0.29, 0.717) is 12.4 Å². The quantitative estimate of drug-likeness (QED) is 0.345. The molecule has 0 spiro atoms. The van der Waals surface area contributed by atoms with Crippen LogP contribution in [0.4, 0.5) is 0 Å². The highest BCUT2D eigenvalue weighted by Gasteiger charge is 2.09. The number of guanidine groups is 1. The van der Waals surface area contributed by atoms with E-state index in [4.69, 9.17) is 4.74 Å². The molecule has 1 atom stereocenters. The van der Waals surface area contributed by atoms with Gasteiger partial charge in [-0.2, -0.15) is 0 Å². The average Bonchev–Trinajstić information content (AvgIpc) is 2.51. The van der Waals surface area contributed by atoms with E-state index in [9.17, 15) is 8.42 Å². The van der Waals surface area contributed by atoms with Gasteiger partial charge in [0.05, 0.1) is 12.9 Å². The third kappa shape index (κ3) is 9.96. The maximum absolute atomic E-state index is 11.2. The molecular weight excluding hydrogens is 441 g/mol. The Morgan fingerprint density at radius 1 is 1.38 bits per heavy atom. The van der Waals surface area contributed by atoms with Gasteiger partial charge in [0.25, 0.3) is 0 Å². The Kier molecular flexibility index (Phi) is 11.0. The molecule has 0 aliphatic rings. The third-order valence-electron chi connectivity index (χ3n) is 3.37. The highest BCUT2D eigenvalue weighted by molar-refractivity contribution is 14.0. The van der Waals surface area contributed by atoms with Gasteiger partial charge in [-0.1, -0.05) is 12.1 Å². The molecule has 0 aliphatic carbocycles. The van der Waals surface area contributed by atoms with Crippen molar-refractivity contribution in [1.82, 2.24) is 10.6 Å². The van der Waals surface area contributed by atoms with E-state index in [-0.39, 0.29) is 35.8 Å². The number of nitrogens with zero attached hydrogens (tertiary/aromatic N) is 1. The number of methoxy groups -OCH3 is 1. The number of halogens is 1. The molecule has 0 aromatic heterocycles. The van der Waals surface area contributed by atoms with Crippen LogP contribution in [0.25, 0.3) is 0 Å². The van der Waals surface area contributed by atoms with Gasteiger partial charge in [0.1, 0.15) is 15.6 Å². The van der Waals surface area contributed by atoms with Gasteiger partial charge in [-0.05, 0) is 37.5 Å². The average molecular weight is 469 g/mol. The Hall–Kier alpha value is -1.03. The van der Waals surface area contributed by atoms with Crippen molar-refractivity contribution in [3.63, 3.8) is 0 Å². The highest BCUT2D eigenvalue weighted by Crippen LogP contribution is 2.12. The minimum Gasteiger partial charge on any atom is -0.497 e. The molecule has 1 rings (SSSR count). The fourth-order valence-electron chi connectivity index (χ4n) is 2.04. The molecule has 138 valence electrons. The third-order valence-corrected chi connectivity index (χ3v) is 4.35. The zero-order chi connectivity index (χ0) is 17.3. The summed E-state index contributed by atoms with van der Waals surface area (Å²) < 4.78 is 27.6. The van der Waals surface area contributed by atoms with E-state index in [1.165, 1.54) is 11.8 Å². The van der Waals surface area contributed by atoms with Gasteiger partial charge in [-0.15, -0.1) is 24.0 Å². The molecule has 1 aromatic rings. The van der Waals surface area contributed by atoms with E-state index in [1.807, 2.05) is 25.1 Å². The molecule has 0 amide bonds. The van der Waals surface area contributed by atoms with Gasteiger partial charge in [0.15, 0.2) is 5.96 Å². The van der Waals surface area contributed by atoms with Crippen molar-refractivity contribution in [1.29, 1.82) is 0 Å². The number of sulfone groups is 1. The number of aliphatic imine (C=N–C) groups is 1. The minimum absolute atomic E-state index is 0. The predicted molar refractivity (Wildman–Crippen MR) is 110 cm³/mol. The van der Waals surface area contributed by atoms with Crippen LogP contribution in [0.2, 0.25) is 0 Å². The SMILES string of the molecule is CN=C(NCCc1cccc(OC)c1)NC(C)CCS(C)(=O)=O.I. The summed E-state index contributed by atoms with van der Waals surface area (Å²) >= 11 is 0. The lowest BCUT2D eigenvalue weighted by Crippen LogP contribution is -2.43.